The van der Waals surface area contributed by atoms with Crippen LogP contribution in [-0.4, -0.2) is 41.8 Å². The Labute approximate surface area is 105 Å². The van der Waals surface area contributed by atoms with E-state index in [9.17, 15) is 4.79 Å². The highest BCUT2D eigenvalue weighted by molar-refractivity contribution is 5.76. The molecule has 0 saturated heterocycles. The standard InChI is InChI=1S/C12H16N4O2/c1-13-9(8-18-2)7-16-12(17)10-5-3-4-6-11(10)14-15-16/h3-6,9,13H,7-8H2,1-2H3. The van der Waals surface area contributed by atoms with E-state index in [0.717, 1.165) is 0 Å². The van der Waals surface area contributed by atoms with Crippen LogP contribution in [0.3, 0.4) is 0 Å². The lowest BCUT2D eigenvalue weighted by atomic mass is 10.2. The summed E-state index contributed by atoms with van der Waals surface area (Å²) in [4.78, 5) is 12.2. The lowest BCUT2D eigenvalue weighted by Crippen LogP contribution is -2.39. The molecule has 1 aromatic heterocycles. The van der Waals surface area contributed by atoms with Crippen molar-refractivity contribution in [2.75, 3.05) is 20.8 Å². The van der Waals surface area contributed by atoms with Gasteiger partial charge in [0.15, 0.2) is 0 Å². The molecule has 0 radical (unpaired) electrons. The summed E-state index contributed by atoms with van der Waals surface area (Å²) in [5.74, 6) is 0. The Hall–Kier alpha value is -1.79. The monoisotopic (exact) mass is 248 g/mol. The average molecular weight is 248 g/mol. The van der Waals surface area contributed by atoms with E-state index < -0.39 is 0 Å². The molecule has 0 spiro atoms. The molecule has 0 aliphatic heterocycles. The van der Waals surface area contributed by atoms with Crippen molar-refractivity contribution in [1.82, 2.24) is 20.3 Å². The molecule has 6 nitrogen and oxygen atoms in total. The van der Waals surface area contributed by atoms with Crippen LogP contribution in [0.4, 0.5) is 0 Å². The van der Waals surface area contributed by atoms with Gasteiger partial charge in [-0.15, -0.1) is 5.10 Å². The van der Waals surface area contributed by atoms with Crippen LogP contribution in [0.2, 0.25) is 0 Å². The van der Waals surface area contributed by atoms with Gasteiger partial charge in [-0.3, -0.25) is 4.79 Å². The van der Waals surface area contributed by atoms with Crippen LogP contribution >= 0.6 is 0 Å². The zero-order chi connectivity index (χ0) is 13.0. The molecule has 1 atom stereocenters. The normalized spacial score (nSPS) is 12.8. The fourth-order valence-electron chi connectivity index (χ4n) is 1.78. The molecule has 0 bridgehead atoms. The Balaban J connectivity index is 2.34. The molecule has 6 heteroatoms. The van der Waals surface area contributed by atoms with Gasteiger partial charge in [-0.1, -0.05) is 17.3 Å². The molecule has 0 aliphatic carbocycles. The van der Waals surface area contributed by atoms with Crippen molar-refractivity contribution >= 4 is 10.9 Å². The number of nitrogens with one attached hydrogen (secondary N) is 1. The number of ether oxygens (including phenoxy) is 1. The molecule has 2 aromatic rings. The molecule has 0 fully saturated rings. The van der Waals surface area contributed by atoms with Crippen LogP contribution in [0, 0.1) is 0 Å². The SMILES string of the molecule is CNC(COC)Cn1nnc2ccccc2c1=O. The minimum Gasteiger partial charge on any atom is -0.383 e. The van der Waals surface area contributed by atoms with E-state index in [4.69, 9.17) is 4.74 Å². The van der Waals surface area contributed by atoms with Gasteiger partial charge < -0.3 is 10.1 Å². The third-order valence-corrected chi connectivity index (χ3v) is 2.80. The van der Waals surface area contributed by atoms with E-state index >= 15 is 0 Å². The van der Waals surface area contributed by atoms with E-state index in [0.29, 0.717) is 24.1 Å². The first-order valence-electron chi connectivity index (χ1n) is 5.75. The quantitative estimate of drug-likeness (QED) is 0.808. The van der Waals surface area contributed by atoms with Crippen LogP contribution in [0.15, 0.2) is 29.1 Å². The molecule has 1 aromatic carbocycles. The van der Waals surface area contributed by atoms with Crippen molar-refractivity contribution in [2.45, 2.75) is 12.6 Å². The first-order valence-corrected chi connectivity index (χ1v) is 5.75. The number of fused-ring (bicyclic) bond motifs is 1. The Morgan fingerprint density at radius 1 is 1.44 bits per heavy atom. The number of likely N-dealkylation sites (N-methyl/N-ethyl adjacent to an activating group) is 1. The predicted molar refractivity (Wildman–Crippen MR) is 68.5 cm³/mol. The van der Waals surface area contributed by atoms with Gasteiger partial charge in [0.1, 0.15) is 5.52 Å². The Kier molecular flexibility index (Phi) is 4.01. The second-order valence-electron chi connectivity index (χ2n) is 4.03. The van der Waals surface area contributed by atoms with Crippen molar-refractivity contribution in [2.24, 2.45) is 0 Å². The topological polar surface area (TPSA) is 69.0 Å². The highest BCUT2D eigenvalue weighted by Gasteiger charge is 2.10. The summed E-state index contributed by atoms with van der Waals surface area (Å²) in [7, 11) is 3.45. The van der Waals surface area contributed by atoms with Gasteiger partial charge in [0, 0.05) is 7.11 Å². The van der Waals surface area contributed by atoms with Gasteiger partial charge in [0.05, 0.1) is 24.6 Å². The van der Waals surface area contributed by atoms with Crippen LogP contribution in [0.5, 0.6) is 0 Å². The van der Waals surface area contributed by atoms with Gasteiger partial charge in [-0.05, 0) is 19.2 Å². The number of hydrogen-bond donors (Lipinski definition) is 1. The van der Waals surface area contributed by atoms with E-state index in [1.54, 1.807) is 19.2 Å². The molecule has 1 heterocycles. The molecular weight excluding hydrogens is 232 g/mol. The average Bonchev–Trinajstić information content (AvgIpc) is 2.41. The maximum atomic E-state index is 12.2. The van der Waals surface area contributed by atoms with E-state index in [-0.39, 0.29) is 11.6 Å². The summed E-state index contributed by atoms with van der Waals surface area (Å²) in [6.45, 7) is 0.943. The van der Waals surface area contributed by atoms with Crippen molar-refractivity contribution in [1.29, 1.82) is 0 Å². The minimum atomic E-state index is -0.128. The predicted octanol–water partition coefficient (Wildman–Crippen LogP) is 0.0259. The maximum absolute atomic E-state index is 12.2. The molecule has 2 rings (SSSR count). The Bertz CT molecular complexity index is 582. The van der Waals surface area contributed by atoms with Gasteiger partial charge in [-0.2, -0.15) is 0 Å². The zero-order valence-electron chi connectivity index (χ0n) is 10.5. The smallest absolute Gasteiger partial charge is 0.277 e. The Morgan fingerprint density at radius 2 is 2.22 bits per heavy atom. The second-order valence-corrected chi connectivity index (χ2v) is 4.03. The molecule has 1 N–H and O–H groups in total. The third-order valence-electron chi connectivity index (χ3n) is 2.80. The maximum Gasteiger partial charge on any atom is 0.277 e. The van der Waals surface area contributed by atoms with Crippen molar-refractivity contribution in [3.63, 3.8) is 0 Å². The molecule has 0 amide bonds. The first-order chi connectivity index (χ1) is 8.76. The minimum absolute atomic E-state index is 0.0307. The van der Waals surface area contributed by atoms with Crippen LogP contribution in [-0.2, 0) is 11.3 Å². The van der Waals surface area contributed by atoms with Crippen LogP contribution in [0.1, 0.15) is 0 Å². The lowest BCUT2D eigenvalue weighted by Gasteiger charge is -2.15. The number of aromatic nitrogens is 3. The number of rotatable bonds is 5. The first kappa shape index (κ1) is 12.7. The van der Waals surface area contributed by atoms with E-state index in [1.807, 2.05) is 19.2 Å². The molecular formula is C12H16N4O2. The van der Waals surface area contributed by atoms with Gasteiger partial charge in [-0.25, -0.2) is 4.68 Å². The summed E-state index contributed by atoms with van der Waals surface area (Å²) in [5, 5.41) is 11.6. The zero-order valence-corrected chi connectivity index (χ0v) is 10.5. The van der Waals surface area contributed by atoms with Crippen molar-refractivity contribution in [3.8, 4) is 0 Å². The largest absolute Gasteiger partial charge is 0.383 e. The number of hydrogen-bond acceptors (Lipinski definition) is 5. The third kappa shape index (κ3) is 2.55. The Morgan fingerprint density at radius 3 is 2.94 bits per heavy atom. The molecule has 18 heavy (non-hydrogen) atoms. The number of methoxy groups -OCH3 is 1. The lowest BCUT2D eigenvalue weighted by molar-refractivity contribution is 0.159. The van der Waals surface area contributed by atoms with Crippen molar-refractivity contribution < 1.29 is 4.74 Å². The molecule has 0 aliphatic rings. The summed E-state index contributed by atoms with van der Waals surface area (Å²) in [6.07, 6.45) is 0. The van der Waals surface area contributed by atoms with Gasteiger partial charge >= 0.3 is 0 Å². The van der Waals surface area contributed by atoms with Crippen LogP contribution in [0.25, 0.3) is 10.9 Å². The van der Waals surface area contributed by atoms with E-state index in [2.05, 4.69) is 15.6 Å². The van der Waals surface area contributed by atoms with Crippen LogP contribution < -0.4 is 10.9 Å². The highest BCUT2D eigenvalue weighted by Crippen LogP contribution is 2.03. The fourth-order valence-corrected chi connectivity index (χ4v) is 1.78. The molecule has 0 saturated carbocycles. The number of benzene rings is 1. The molecule has 1 unspecified atom stereocenters. The number of nitrogens with zero attached hydrogens (tertiary/aromatic N) is 3. The molecule has 96 valence electrons. The highest BCUT2D eigenvalue weighted by atomic mass is 16.5. The fraction of sp³-hybridized carbons (Fsp3) is 0.417. The summed E-state index contributed by atoms with van der Waals surface area (Å²) < 4.78 is 6.43. The summed E-state index contributed by atoms with van der Waals surface area (Å²) >= 11 is 0. The summed E-state index contributed by atoms with van der Waals surface area (Å²) in [5.41, 5.74) is 0.489. The van der Waals surface area contributed by atoms with Gasteiger partial charge in [0.2, 0.25) is 0 Å². The van der Waals surface area contributed by atoms with E-state index in [1.165, 1.54) is 4.68 Å². The summed E-state index contributed by atoms with van der Waals surface area (Å²) in [6, 6.07) is 7.22. The van der Waals surface area contributed by atoms with Gasteiger partial charge in [0.25, 0.3) is 5.56 Å². The van der Waals surface area contributed by atoms with Crippen molar-refractivity contribution in [3.05, 3.63) is 34.6 Å². The second kappa shape index (κ2) is 5.70.